The van der Waals surface area contributed by atoms with Gasteiger partial charge >= 0.3 is 0 Å². The molecule has 6 rings (SSSR count). The van der Waals surface area contributed by atoms with Crippen LogP contribution < -0.4 is 4.90 Å². The minimum absolute atomic E-state index is 0.0395. The van der Waals surface area contributed by atoms with Crippen molar-refractivity contribution in [3.8, 4) is 5.69 Å². The number of halogens is 1. The lowest BCUT2D eigenvalue weighted by atomic mass is 9.82. The fourth-order valence-corrected chi connectivity index (χ4v) is 4.84. The third kappa shape index (κ3) is 2.96. The zero-order chi connectivity index (χ0) is 21.8. The van der Waals surface area contributed by atoms with Crippen LogP contribution in [0, 0.1) is 18.7 Å². The van der Waals surface area contributed by atoms with E-state index in [-0.39, 0.29) is 17.8 Å². The highest BCUT2D eigenvalue weighted by molar-refractivity contribution is 5.98. The average Bonchev–Trinajstić information content (AvgIpc) is 3.45. The highest BCUT2D eigenvalue weighted by atomic mass is 19.1. The predicted molar refractivity (Wildman–Crippen MR) is 115 cm³/mol. The molecule has 8 nitrogen and oxygen atoms in total. The molecular formula is C23H21FN6O2. The molecule has 9 heteroatoms. The zero-order valence-corrected chi connectivity index (χ0v) is 17.5. The van der Waals surface area contributed by atoms with E-state index in [0.29, 0.717) is 47.0 Å². The number of nitrogens with zero attached hydrogens (tertiary/aromatic N) is 6. The molecular weight excluding hydrogens is 411 g/mol. The number of anilines is 1. The summed E-state index contributed by atoms with van der Waals surface area (Å²) in [7, 11) is 0. The van der Waals surface area contributed by atoms with Crippen LogP contribution >= 0.6 is 0 Å². The molecule has 2 atom stereocenters. The Morgan fingerprint density at radius 3 is 2.81 bits per heavy atom. The van der Waals surface area contributed by atoms with E-state index in [1.54, 1.807) is 18.5 Å². The Bertz CT molecular complexity index is 1320. The second-order valence-corrected chi connectivity index (χ2v) is 8.51. The molecule has 0 aliphatic carbocycles. The number of piperidine rings is 1. The van der Waals surface area contributed by atoms with Gasteiger partial charge in [-0.15, -0.1) is 0 Å². The lowest BCUT2D eigenvalue weighted by Crippen LogP contribution is -2.65. The van der Waals surface area contributed by atoms with E-state index in [4.69, 9.17) is 4.52 Å². The van der Waals surface area contributed by atoms with Crippen LogP contribution in [-0.2, 0) is 0 Å². The Kier molecular flexibility index (Phi) is 4.24. The highest BCUT2D eigenvalue weighted by Crippen LogP contribution is 2.39. The van der Waals surface area contributed by atoms with Gasteiger partial charge in [0.15, 0.2) is 11.4 Å². The van der Waals surface area contributed by atoms with Crippen molar-refractivity contribution < 1.29 is 13.7 Å². The maximum atomic E-state index is 13.8. The van der Waals surface area contributed by atoms with Gasteiger partial charge in [-0.3, -0.25) is 4.79 Å². The summed E-state index contributed by atoms with van der Waals surface area (Å²) in [4.78, 5) is 19.0. The minimum Gasteiger partial charge on any atom is -0.354 e. The van der Waals surface area contributed by atoms with Gasteiger partial charge in [0.2, 0.25) is 0 Å². The van der Waals surface area contributed by atoms with Gasteiger partial charge in [0, 0.05) is 25.6 Å². The number of carbonyl (C=O) groups is 1. The minimum atomic E-state index is -0.321. The maximum Gasteiger partial charge on any atom is 0.256 e. The predicted octanol–water partition coefficient (Wildman–Crippen LogP) is 3.21. The van der Waals surface area contributed by atoms with Crippen LogP contribution in [0.1, 0.15) is 22.3 Å². The summed E-state index contributed by atoms with van der Waals surface area (Å²) in [5, 5.41) is 13.3. The molecule has 0 N–H and O–H groups in total. The molecule has 0 spiro atoms. The van der Waals surface area contributed by atoms with Crippen molar-refractivity contribution in [3.63, 3.8) is 0 Å². The number of amides is 1. The van der Waals surface area contributed by atoms with Crippen LogP contribution in [0.4, 0.5) is 10.2 Å². The molecule has 2 aliphatic heterocycles. The second-order valence-electron chi connectivity index (χ2n) is 8.51. The monoisotopic (exact) mass is 432 g/mol. The van der Waals surface area contributed by atoms with E-state index >= 15 is 0 Å². The molecule has 2 fully saturated rings. The summed E-state index contributed by atoms with van der Waals surface area (Å²) in [6.45, 7) is 4.07. The Morgan fingerprint density at radius 1 is 1.12 bits per heavy atom. The number of fused-ring (bicyclic) bond motifs is 2. The molecule has 0 unspecified atom stereocenters. The molecule has 0 saturated carbocycles. The third-order valence-corrected chi connectivity index (χ3v) is 6.54. The lowest BCUT2D eigenvalue weighted by molar-refractivity contribution is 0.0590. The number of carbonyl (C=O) groups excluding carboxylic acids is 1. The summed E-state index contributed by atoms with van der Waals surface area (Å²) in [6, 6.07) is 10.3. The largest absolute Gasteiger partial charge is 0.354 e. The first-order valence-electron chi connectivity index (χ1n) is 10.7. The number of benzene rings is 2. The van der Waals surface area contributed by atoms with E-state index in [9.17, 15) is 9.18 Å². The maximum absolute atomic E-state index is 13.8. The second kappa shape index (κ2) is 7.15. The number of aryl methyl sites for hydroxylation is 1. The summed E-state index contributed by atoms with van der Waals surface area (Å²) in [5.74, 6) is 0.761. The van der Waals surface area contributed by atoms with Crippen LogP contribution in [0.25, 0.3) is 16.7 Å². The standard InChI is InChI=1S/C23H21FN6O2/c1-14-2-4-19(30-25-7-8-26-30)17(10-14)23(31)28-9-6-15-12-29(20(15)13-28)22-18-11-16(24)3-5-21(18)32-27-22/h2-5,7-8,10-11,15,20H,6,9,12-13H2,1H3/t15-,20-/m0/s1. The van der Waals surface area contributed by atoms with E-state index in [1.807, 2.05) is 30.0 Å². The Labute approximate surface area is 183 Å². The number of hydrogen-bond acceptors (Lipinski definition) is 6. The van der Waals surface area contributed by atoms with Crippen LogP contribution in [0.15, 0.2) is 53.3 Å². The summed E-state index contributed by atoms with van der Waals surface area (Å²) in [5.41, 5.74) is 2.81. The quantitative estimate of drug-likeness (QED) is 0.495. The molecule has 4 aromatic rings. The molecule has 162 valence electrons. The van der Waals surface area contributed by atoms with Crippen molar-refractivity contribution in [1.82, 2.24) is 25.1 Å². The molecule has 0 radical (unpaired) electrons. The SMILES string of the molecule is Cc1ccc(-n2nccn2)c(C(=O)N2CC[C@H]3CN(c4noc5ccc(F)cc45)[C@H]3C2)c1. The van der Waals surface area contributed by atoms with Gasteiger partial charge in [0.25, 0.3) is 5.91 Å². The van der Waals surface area contributed by atoms with Crippen molar-refractivity contribution in [1.29, 1.82) is 0 Å². The van der Waals surface area contributed by atoms with Crippen molar-refractivity contribution in [2.24, 2.45) is 5.92 Å². The fraction of sp³-hybridized carbons (Fsp3) is 0.304. The number of hydrogen-bond donors (Lipinski definition) is 0. The van der Waals surface area contributed by atoms with E-state index in [1.165, 1.54) is 16.9 Å². The van der Waals surface area contributed by atoms with E-state index in [0.717, 1.165) is 18.5 Å². The first-order chi connectivity index (χ1) is 15.6. The summed E-state index contributed by atoms with van der Waals surface area (Å²) < 4.78 is 19.2. The molecule has 2 aliphatic rings. The van der Waals surface area contributed by atoms with Crippen molar-refractivity contribution in [3.05, 3.63) is 65.7 Å². The average molecular weight is 432 g/mol. The summed E-state index contributed by atoms with van der Waals surface area (Å²) in [6.07, 6.45) is 4.10. The molecule has 1 amide bonds. The van der Waals surface area contributed by atoms with E-state index in [2.05, 4.69) is 20.3 Å². The van der Waals surface area contributed by atoms with Crippen molar-refractivity contribution in [2.45, 2.75) is 19.4 Å². The first-order valence-corrected chi connectivity index (χ1v) is 10.7. The third-order valence-electron chi connectivity index (χ3n) is 6.54. The molecule has 2 saturated heterocycles. The Balaban J connectivity index is 1.28. The molecule has 2 aromatic heterocycles. The van der Waals surface area contributed by atoms with Gasteiger partial charge in [-0.05, 0) is 43.7 Å². The Morgan fingerprint density at radius 2 is 1.97 bits per heavy atom. The zero-order valence-electron chi connectivity index (χ0n) is 17.5. The van der Waals surface area contributed by atoms with E-state index < -0.39 is 0 Å². The van der Waals surface area contributed by atoms with Crippen LogP contribution in [0.5, 0.6) is 0 Å². The smallest absolute Gasteiger partial charge is 0.256 e. The molecule has 4 heterocycles. The van der Waals surface area contributed by atoms with Gasteiger partial charge in [-0.25, -0.2) is 4.39 Å². The van der Waals surface area contributed by atoms with Crippen LogP contribution in [-0.4, -0.2) is 56.6 Å². The van der Waals surface area contributed by atoms with Gasteiger partial charge in [0.1, 0.15) is 5.82 Å². The topological polar surface area (TPSA) is 80.3 Å². The normalized spacial score (nSPS) is 20.3. The number of aromatic nitrogens is 4. The van der Waals surface area contributed by atoms with Crippen LogP contribution in [0.2, 0.25) is 0 Å². The van der Waals surface area contributed by atoms with Gasteiger partial charge in [-0.2, -0.15) is 15.0 Å². The Hall–Kier alpha value is -3.75. The molecule has 32 heavy (non-hydrogen) atoms. The van der Waals surface area contributed by atoms with Crippen molar-refractivity contribution >= 4 is 22.7 Å². The molecule has 0 bridgehead atoms. The number of rotatable bonds is 3. The first kappa shape index (κ1) is 19.0. The lowest BCUT2D eigenvalue weighted by Gasteiger charge is -2.53. The number of likely N-dealkylation sites (tertiary alicyclic amines) is 1. The van der Waals surface area contributed by atoms with Gasteiger partial charge in [0.05, 0.1) is 35.1 Å². The fourth-order valence-electron chi connectivity index (χ4n) is 4.84. The molecule has 2 aromatic carbocycles. The summed E-state index contributed by atoms with van der Waals surface area (Å²) >= 11 is 0. The van der Waals surface area contributed by atoms with Crippen LogP contribution in [0.3, 0.4) is 0 Å². The highest BCUT2D eigenvalue weighted by Gasteiger charge is 2.45. The van der Waals surface area contributed by atoms with Gasteiger partial charge in [-0.1, -0.05) is 16.8 Å². The van der Waals surface area contributed by atoms with Gasteiger partial charge < -0.3 is 14.3 Å². The van der Waals surface area contributed by atoms with Crippen molar-refractivity contribution in [2.75, 3.05) is 24.5 Å².